The Balaban J connectivity index is 0.000000339. The smallest absolute Gasteiger partial charge is 0.227 e. The lowest BCUT2D eigenvalue weighted by atomic mass is 10.1. The van der Waals surface area contributed by atoms with E-state index in [0.29, 0.717) is 16.6 Å². The van der Waals surface area contributed by atoms with Crippen molar-refractivity contribution in [1.82, 2.24) is 15.3 Å². The fourth-order valence-electron chi connectivity index (χ4n) is 2.58. The van der Waals surface area contributed by atoms with Gasteiger partial charge in [-0.05, 0) is 50.2 Å². The van der Waals surface area contributed by atoms with E-state index in [9.17, 15) is 9.50 Å². The van der Waals surface area contributed by atoms with Crippen molar-refractivity contribution < 1.29 is 9.50 Å². The van der Waals surface area contributed by atoms with E-state index in [0.717, 1.165) is 0 Å². The van der Waals surface area contributed by atoms with Crippen LogP contribution in [0.5, 0.6) is 5.75 Å². The molecule has 0 bridgehead atoms. The van der Waals surface area contributed by atoms with Gasteiger partial charge < -0.3 is 15.7 Å². The molecule has 0 saturated carbocycles. The highest BCUT2D eigenvalue weighted by molar-refractivity contribution is 5.81. The zero-order chi connectivity index (χ0) is 18.4. The van der Waals surface area contributed by atoms with Crippen LogP contribution < -0.4 is 10.6 Å². The number of anilines is 2. The van der Waals surface area contributed by atoms with Crippen molar-refractivity contribution in [3.8, 4) is 18.1 Å². The first-order valence-electron chi connectivity index (χ1n) is 8.35. The number of phenolic OH excluding ortho intramolecular Hbond substituents is 1. The van der Waals surface area contributed by atoms with Gasteiger partial charge >= 0.3 is 0 Å². The van der Waals surface area contributed by atoms with E-state index >= 15 is 0 Å². The van der Waals surface area contributed by atoms with Gasteiger partial charge in [0.1, 0.15) is 11.3 Å². The quantitative estimate of drug-likeness (QED) is 0.617. The van der Waals surface area contributed by atoms with Gasteiger partial charge in [0.15, 0.2) is 5.82 Å². The molecule has 0 unspecified atom stereocenters. The summed E-state index contributed by atoms with van der Waals surface area (Å²) in [5.74, 6) is 2.24. The number of aromatic hydroxyl groups is 1. The van der Waals surface area contributed by atoms with E-state index in [1.54, 1.807) is 24.3 Å². The van der Waals surface area contributed by atoms with Gasteiger partial charge in [-0.2, -0.15) is 0 Å². The molecule has 2 aromatic carbocycles. The van der Waals surface area contributed by atoms with Crippen molar-refractivity contribution in [2.45, 2.75) is 12.8 Å². The van der Waals surface area contributed by atoms with Gasteiger partial charge in [-0.15, -0.1) is 6.42 Å². The van der Waals surface area contributed by atoms with E-state index in [-0.39, 0.29) is 17.2 Å². The fraction of sp³-hybridized carbons (Fsp3) is 0.200. The maximum Gasteiger partial charge on any atom is 0.227 e. The zero-order valence-electron chi connectivity index (χ0n) is 14.2. The predicted octanol–water partition coefficient (Wildman–Crippen LogP) is 3.57. The van der Waals surface area contributed by atoms with Gasteiger partial charge in [-0.25, -0.2) is 14.4 Å². The Bertz CT molecular complexity index is 941. The first-order valence-corrected chi connectivity index (χ1v) is 8.35. The first-order chi connectivity index (χ1) is 12.7. The average molecular weight is 350 g/mol. The molecule has 1 aliphatic heterocycles. The SMILES string of the molecule is C#Cc1cc(F)c2nc(Nc3cccc(O)c3)ncc2c1.C1CCNC1. The van der Waals surface area contributed by atoms with Gasteiger partial charge in [0.25, 0.3) is 0 Å². The summed E-state index contributed by atoms with van der Waals surface area (Å²) in [5, 5.41) is 16.1. The van der Waals surface area contributed by atoms with Gasteiger partial charge in [0, 0.05) is 28.9 Å². The van der Waals surface area contributed by atoms with Gasteiger partial charge in [-0.1, -0.05) is 12.0 Å². The molecule has 26 heavy (non-hydrogen) atoms. The minimum atomic E-state index is -0.498. The number of phenols is 1. The van der Waals surface area contributed by atoms with Crippen LogP contribution in [0.3, 0.4) is 0 Å². The van der Waals surface area contributed by atoms with Crippen LogP contribution in [0, 0.1) is 18.2 Å². The van der Waals surface area contributed by atoms with Gasteiger partial charge in [0.05, 0.1) is 0 Å². The number of aromatic nitrogens is 2. The van der Waals surface area contributed by atoms with Gasteiger partial charge in [-0.3, -0.25) is 0 Å². The predicted molar refractivity (Wildman–Crippen MR) is 101 cm³/mol. The summed E-state index contributed by atoms with van der Waals surface area (Å²) in [4.78, 5) is 8.24. The summed E-state index contributed by atoms with van der Waals surface area (Å²) < 4.78 is 14.0. The standard InChI is InChI=1S/C16H10FN3O.C4H9N/c1-2-10-6-11-9-18-16(20-15(11)14(17)7-10)19-12-4-3-5-13(21)8-12;1-2-4-5-3-1/h1,3-9,21H,(H,18,19,20);5H,1-4H2. The van der Waals surface area contributed by atoms with E-state index in [2.05, 4.69) is 26.5 Å². The number of hydrogen-bond donors (Lipinski definition) is 3. The topological polar surface area (TPSA) is 70.1 Å². The third kappa shape index (κ3) is 4.47. The second kappa shape index (κ2) is 8.28. The molecule has 0 amide bonds. The van der Waals surface area contributed by atoms with Crippen LogP contribution in [-0.4, -0.2) is 28.2 Å². The van der Waals surface area contributed by atoms with Crippen LogP contribution in [0.2, 0.25) is 0 Å². The summed E-state index contributed by atoms with van der Waals surface area (Å²) >= 11 is 0. The fourth-order valence-corrected chi connectivity index (χ4v) is 2.58. The van der Waals surface area contributed by atoms with E-state index < -0.39 is 5.82 Å². The second-order valence-electron chi connectivity index (χ2n) is 5.87. The Morgan fingerprint density at radius 1 is 1.19 bits per heavy atom. The molecule has 0 atom stereocenters. The largest absolute Gasteiger partial charge is 0.508 e. The molecular formula is C20H19FN4O. The lowest BCUT2D eigenvalue weighted by Gasteiger charge is -2.07. The number of nitrogens with one attached hydrogen (secondary N) is 2. The Morgan fingerprint density at radius 2 is 2.00 bits per heavy atom. The molecule has 0 aliphatic carbocycles. The lowest BCUT2D eigenvalue weighted by Crippen LogP contribution is -2.03. The van der Waals surface area contributed by atoms with Gasteiger partial charge in [0.2, 0.25) is 5.95 Å². The molecule has 3 aromatic rings. The van der Waals surface area contributed by atoms with Crippen molar-refractivity contribution in [2.75, 3.05) is 18.4 Å². The molecule has 5 nitrogen and oxygen atoms in total. The minimum absolute atomic E-state index is 0.116. The number of nitrogens with zero attached hydrogens (tertiary/aromatic N) is 2. The van der Waals surface area contributed by atoms with E-state index in [1.165, 1.54) is 44.3 Å². The van der Waals surface area contributed by atoms with Crippen LogP contribution in [0.4, 0.5) is 16.0 Å². The summed E-state index contributed by atoms with van der Waals surface area (Å²) in [6, 6.07) is 9.40. The monoisotopic (exact) mass is 350 g/mol. The molecule has 1 saturated heterocycles. The average Bonchev–Trinajstić information content (AvgIpc) is 3.22. The number of benzene rings is 2. The van der Waals surface area contributed by atoms with E-state index in [4.69, 9.17) is 6.42 Å². The third-order valence-corrected chi connectivity index (χ3v) is 3.86. The Labute approximate surface area is 151 Å². The third-order valence-electron chi connectivity index (χ3n) is 3.86. The summed E-state index contributed by atoms with van der Waals surface area (Å²) in [5.41, 5.74) is 1.24. The summed E-state index contributed by atoms with van der Waals surface area (Å²) in [6.45, 7) is 2.50. The molecule has 3 N–H and O–H groups in total. The molecule has 1 aliphatic rings. The number of rotatable bonds is 2. The zero-order valence-corrected chi connectivity index (χ0v) is 14.2. The van der Waals surface area contributed by atoms with Crippen LogP contribution in [0.15, 0.2) is 42.6 Å². The molecule has 0 radical (unpaired) electrons. The molecule has 1 fully saturated rings. The highest BCUT2D eigenvalue weighted by Crippen LogP contribution is 2.22. The molecular weight excluding hydrogens is 331 g/mol. The van der Waals surface area contributed by atoms with Crippen molar-refractivity contribution in [2.24, 2.45) is 0 Å². The first kappa shape index (κ1) is 17.6. The number of halogens is 1. The molecule has 0 spiro atoms. The summed E-state index contributed by atoms with van der Waals surface area (Å²) in [7, 11) is 0. The van der Waals surface area contributed by atoms with Crippen LogP contribution in [0.1, 0.15) is 18.4 Å². The molecule has 6 heteroatoms. The lowest BCUT2D eigenvalue weighted by molar-refractivity contribution is 0.475. The Hall–Kier alpha value is -3.17. The molecule has 132 valence electrons. The Morgan fingerprint density at radius 3 is 2.65 bits per heavy atom. The molecule has 1 aromatic heterocycles. The van der Waals surface area contributed by atoms with Crippen molar-refractivity contribution in [1.29, 1.82) is 0 Å². The Kier molecular flexibility index (Phi) is 5.62. The van der Waals surface area contributed by atoms with Crippen molar-refractivity contribution in [3.63, 3.8) is 0 Å². The maximum absolute atomic E-state index is 14.0. The number of hydrogen-bond acceptors (Lipinski definition) is 5. The normalized spacial score (nSPS) is 12.9. The van der Waals surface area contributed by atoms with Crippen LogP contribution in [-0.2, 0) is 0 Å². The second-order valence-corrected chi connectivity index (χ2v) is 5.87. The van der Waals surface area contributed by atoms with E-state index in [1.807, 2.05) is 0 Å². The minimum Gasteiger partial charge on any atom is -0.508 e. The highest BCUT2D eigenvalue weighted by atomic mass is 19.1. The van der Waals surface area contributed by atoms with Crippen molar-refractivity contribution >= 4 is 22.5 Å². The summed E-state index contributed by atoms with van der Waals surface area (Å²) in [6.07, 6.45) is 9.54. The van der Waals surface area contributed by atoms with Crippen LogP contribution in [0.25, 0.3) is 10.9 Å². The number of fused-ring (bicyclic) bond motifs is 1. The highest BCUT2D eigenvalue weighted by Gasteiger charge is 2.07. The molecule has 2 heterocycles. The maximum atomic E-state index is 14.0. The van der Waals surface area contributed by atoms with Crippen LogP contribution >= 0.6 is 0 Å². The number of terminal acetylenes is 1. The van der Waals surface area contributed by atoms with Crippen molar-refractivity contribution in [3.05, 3.63) is 54.0 Å². The molecule has 4 rings (SSSR count).